The Balaban J connectivity index is 1.95. The number of aromatic nitrogens is 1. The highest BCUT2D eigenvalue weighted by Gasteiger charge is 2.23. The van der Waals surface area contributed by atoms with Crippen LogP contribution in [0.3, 0.4) is 0 Å². The number of benzene rings is 2. The Labute approximate surface area is 157 Å². The number of carbonyl (C=O) groups is 1. The molecule has 0 saturated heterocycles. The molecule has 3 nitrogen and oxygen atoms in total. The zero-order valence-corrected chi connectivity index (χ0v) is 16.3. The molecule has 0 atom stereocenters. The van der Waals surface area contributed by atoms with Gasteiger partial charge in [-0.3, -0.25) is 4.79 Å². The Morgan fingerprint density at radius 2 is 2.00 bits per heavy atom. The van der Waals surface area contributed by atoms with Gasteiger partial charge in [-0.05, 0) is 68.5 Å². The molecule has 136 valence electrons. The fraction of sp³-hybridized carbons (Fsp3) is 0.286. The average molecular weight is 370 g/mol. The summed E-state index contributed by atoms with van der Waals surface area (Å²) in [5.74, 6) is -0.364. The summed E-state index contributed by atoms with van der Waals surface area (Å²) in [7, 11) is 0. The number of carbonyl (C=O) groups excluding carboxylic acids is 1. The number of aryl methyl sites for hydroxylation is 1. The van der Waals surface area contributed by atoms with Crippen LogP contribution in [0.2, 0.25) is 0 Å². The van der Waals surface area contributed by atoms with Gasteiger partial charge >= 0.3 is 0 Å². The van der Waals surface area contributed by atoms with Crippen molar-refractivity contribution in [1.82, 2.24) is 9.88 Å². The lowest BCUT2D eigenvalue weighted by Gasteiger charge is -2.27. The number of thioether (sulfide) groups is 1. The number of nitrogens with zero attached hydrogens (tertiary/aromatic N) is 1. The first-order chi connectivity index (χ1) is 12.4. The third kappa shape index (κ3) is 3.63. The maximum Gasteiger partial charge on any atom is 0.271 e. The predicted molar refractivity (Wildman–Crippen MR) is 106 cm³/mol. The normalized spacial score (nSPS) is 11.3. The van der Waals surface area contributed by atoms with Gasteiger partial charge in [0.1, 0.15) is 11.5 Å². The maximum atomic E-state index is 13.6. The molecule has 0 aliphatic carbocycles. The number of nitrogens with one attached hydrogen (secondary N) is 1. The van der Waals surface area contributed by atoms with E-state index in [1.165, 1.54) is 17.0 Å². The molecule has 3 rings (SSSR count). The molecule has 26 heavy (non-hydrogen) atoms. The summed E-state index contributed by atoms with van der Waals surface area (Å²) < 4.78 is 13.6. The summed E-state index contributed by atoms with van der Waals surface area (Å²) in [5, 5.41) is 0.751. The second-order valence-corrected chi connectivity index (χ2v) is 7.57. The van der Waals surface area contributed by atoms with Crippen LogP contribution in [0.5, 0.6) is 0 Å². The fourth-order valence-electron chi connectivity index (χ4n) is 3.11. The first-order valence-corrected chi connectivity index (χ1v) is 9.85. The first-order valence-electron chi connectivity index (χ1n) is 8.62. The van der Waals surface area contributed by atoms with Crippen LogP contribution in [0.4, 0.5) is 4.39 Å². The number of rotatable bonds is 5. The summed E-state index contributed by atoms with van der Waals surface area (Å²) in [6.07, 6.45) is 2.04. The average Bonchev–Trinajstić information content (AvgIpc) is 2.95. The van der Waals surface area contributed by atoms with Crippen molar-refractivity contribution >= 4 is 28.6 Å². The summed E-state index contributed by atoms with van der Waals surface area (Å²) in [5.41, 5.74) is 3.19. The minimum atomic E-state index is -0.298. The van der Waals surface area contributed by atoms with Crippen molar-refractivity contribution in [2.24, 2.45) is 0 Å². The molecule has 0 bridgehead atoms. The van der Waals surface area contributed by atoms with E-state index in [2.05, 4.69) is 17.1 Å². The Hall–Kier alpha value is -2.27. The zero-order valence-electron chi connectivity index (χ0n) is 15.5. The lowest BCUT2D eigenvalue weighted by molar-refractivity contribution is 0.0684. The molecular weight excluding hydrogens is 347 g/mol. The number of hydrogen-bond acceptors (Lipinski definition) is 2. The molecular formula is C21H23FN2OS. The van der Waals surface area contributed by atoms with Crippen LogP contribution in [0, 0.1) is 12.7 Å². The second-order valence-electron chi connectivity index (χ2n) is 6.69. The predicted octanol–water partition coefficient (Wildman–Crippen LogP) is 5.39. The van der Waals surface area contributed by atoms with Gasteiger partial charge in [0, 0.05) is 28.4 Å². The molecule has 0 spiro atoms. The molecule has 1 heterocycles. The van der Waals surface area contributed by atoms with E-state index < -0.39 is 0 Å². The van der Waals surface area contributed by atoms with Crippen molar-refractivity contribution in [1.29, 1.82) is 0 Å². The highest BCUT2D eigenvalue weighted by molar-refractivity contribution is 7.98. The molecule has 0 aliphatic rings. The number of amides is 1. The fourth-order valence-corrected chi connectivity index (χ4v) is 3.60. The van der Waals surface area contributed by atoms with Crippen LogP contribution in [0.1, 0.15) is 35.5 Å². The van der Waals surface area contributed by atoms with Crippen LogP contribution in [-0.4, -0.2) is 28.1 Å². The standard InChI is InChI=1S/C21H23FN2OS/c1-13(2)24(12-15-6-5-7-17(10-15)26-4)21(25)20-14(3)18-11-16(22)8-9-19(18)23-20/h5-11,13,23H,12H2,1-4H3. The molecule has 0 radical (unpaired) electrons. The van der Waals surface area contributed by atoms with Crippen molar-refractivity contribution in [2.45, 2.75) is 38.3 Å². The number of H-pyrrole nitrogens is 1. The summed E-state index contributed by atoms with van der Waals surface area (Å²) in [6, 6.07) is 12.8. The van der Waals surface area contributed by atoms with Gasteiger partial charge in [0.05, 0.1) is 0 Å². The van der Waals surface area contributed by atoms with Gasteiger partial charge in [0.15, 0.2) is 0 Å². The number of halogens is 1. The molecule has 2 aromatic carbocycles. The number of aromatic amines is 1. The van der Waals surface area contributed by atoms with Crippen LogP contribution in [0.25, 0.3) is 10.9 Å². The smallest absolute Gasteiger partial charge is 0.271 e. The topological polar surface area (TPSA) is 36.1 Å². The van der Waals surface area contributed by atoms with Gasteiger partial charge in [0.25, 0.3) is 5.91 Å². The number of hydrogen-bond donors (Lipinski definition) is 1. The molecule has 3 aromatic rings. The van der Waals surface area contributed by atoms with Crippen molar-refractivity contribution in [2.75, 3.05) is 6.26 Å². The van der Waals surface area contributed by atoms with E-state index in [1.807, 2.05) is 44.1 Å². The van der Waals surface area contributed by atoms with Crippen molar-refractivity contribution in [3.63, 3.8) is 0 Å². The molecule has 0 saturated carbocycles. The highest BCUT2D eigenvalue weighted by atomic mass is 32.2. The van der Waals surface area contributed by atoms with Crippen LogP contribution in [0.15, 0.2) is 47.4 Å². The van der Waals surface area contributed by atoms with Gasteiger partial charge in [0.2, 0.25) is 0 Å². The molecule has 1 N–H and O–H groups in total. The third-order valence-electron chi connectivity index (χ3n) is 4.61. The van der Waals surface area contributed by atoms with E-state index in [1.54, 1.807) is 17.8 Å². The largest absolute Gasteiger partial charge is 0.350 e. The zero-order chi connectivity index (χ0) is 18.8. The van der Waals surface area contributed by atoms with Crippen molar-refractivity contribution < 1.29 is 9.18 Å². The van der Waals surface area contributed by atoms with Gasteiger partial charge in [-0.25, -0.2) is 4.39 Å². The monoisotopic (exact) mass is 370 g/mol. The van der Waals surface area contributed by atoms with E-state index in [4.69, 9.17) is 0 Å². The lowest BCUT2D eigenvalue weighted by atomic mass is 10.1. The Morgan fingerprint density at radius 3 is 2.69 bits per heavy atom. The molecule has 1 amide bonds. The van der Waals surface area contributed by atoms with Crippen LogP contribution < -0.4 is 0 Å². The van der Waals surface area contributed by atoms with Crippen molar-refractivity contribution in [3.8, 4) is 0 Å². The Kier molecular flexibility index (Phi) is 5.37. The van der Waals surface area contributed by atoms with Crippen LogP contribution in [-0.2, 0) is 6.54 Å². The van der Waals surface area contributed by atoms with Gasteiger partial charge in [-0.2, -0.15) is 0 Å². The van der Waals surface area contributed by atoms with Crippen LogP contribution >= 0.6 is 11.8 Å². The third-order valence-corrected chi connectivity index (χ3v) is 5.33. The van der Waals surface area contributed by atoms with E-state index in [-0.39, 0.29) is 17.8 Å². The molecule has 0 unspecified atom stereocenters. The van der Waals surface area contributed by atoms with Crippen molar-refractivity contribution in [3.05, 3.63) is 65.1 Å². The van der Waals surface area contributed by atoms with E-state index in [9.17, 15) is 9.18 Å². The Morgan fingerprint density at radius 1 is 1.23 bits per heavy atom. The minimum absolute atomic E-state index is 0.0444. The number of fused-ring (bicyclic) bond motifs is 1. The summed E-state index contributed by atoms with van der Waals surface area (Å²) in [6.45, 7) is 6.41. The molecule has 1 aromatic heterocycles. The SMILES string of the molecule is CSc1cccc(CN(C(=O)c2[nH]c3ccc(F)cc3c2C)C(C)C)c1. The lowest BCUT2D eigenvalue weighted by Crippen LogP contribution is -2.37. The van der Waals surface area contributed by atoms with Gasteiger partial charge in [-0.1, -0.05) is 12.1 Å². The molecule has 0 aliphatic heterocycles. The second kappa shape index (κ2) is 7.54. The summed E-state index contributed by atoms with van der Waals surface area (Å²) >= 11 is 1.68. The first kappa shape index (κ1) is 18.5. The van der Waals surface area contributed by atoms with Gasteiger partial charge in [-0.15, -0.1) is 11.8 Å². The molecule has 5 heteroatoms. The quantitative estimate of drug-likeness (QED) is 0.612. The van der Waals surface area contributed by atoms with E-state index >= 15 is 0 Å². The molecule has 0 fully saturated rings. The summed E-state index contributed by atoms with van der Waals surface area (Å²) in [4.78, 5) is 19.4. The highest BCUT2D eigenvalue weighted by Crippen LogP contribution is 2.25. The van der Waals surface area contributed by atoms with E-state index in [0.717, 1.165) is 22.0 Å². The minimum Gasteiger partial charge on any atom is -0.350 e. The maximum absolute atomic E-state index is 13.6. The van der Waals surface area contributed by atoms with E-state index in [0.29, 0.717) is 12.2 Å². The van der Waals surface area contributed by atoms with Gasteiger partial charge < -0.3 is 9.88 Å². The Bertz CT molecular complexity index is 948.